The molecule has 1 spiro atoms. The van der Waals surface area contributed by atoms with E-state index in [2.05, 4.69) is 70.9 Å². The summed E-state index contributed by atoms with van der Waals surface area (Å²) < 4.78 is 5.95. The van der Waals surface area contributed by atoms with Crippen molar-refractivity contribution in [2.75, 3.05) is 31.1 Å². The number of benzene rings is 1. The molecule has 2 saturated heterocycles. The highest BCUT2D eigenvalue weighted by Crippen LogP contribution is 2.50. The van der Waals surface area contributed by atoms with E-state index >= 15 is 0 Å². The number of rotatable bonds is 6. The maximum absolute atomic E-state index is 13.0. The maximum atomic E-state index is 13.0. The lowest BCUT2D eigenvalue weighted by molar-refractivity contribution is -0.137. The summed E-state index contributed by atoms with van der Waals surface area (Å²) in [6.45, 7) is 11.0. The molecule has 1 saturated carbocycles. The first kappa shape index (κ1) is 23.1. The largest absolute Gasteiger partial charge is 0.446 e. The van der Waals surface area contributed by atoms with Crippen LogP contribution in [0.4, 0.5) is 10.7 Å². The summed E-state index contributed by atoms with van der Waals surface area (Å²) in [5.41, 5.74) is 2.89. The molecule has 3 heterocycles. The van der Waals surface area contributed by atoms with Gasteiger partial charge in [0.05, 0.1) is 12.1 Å². The standard InChI is InChI=1S/C27H37N5O2/c1-4-8-23-13-28-25(29-14-23)31-15-20(2)32(21(3)16-31)26(33)34-24-11-27(12-24)18-30(19-27)17-22-9-6-5-7-10-22/h5-7,9-10,13-14,20-21,24H,4,8,11-12,15-19H2,1-3H3/t20-,21+. The number of ether oxygens (including phenoxy) is 1. The van der Waals surface area contributed by atoms with Crippen molar-refractivity contribution in [3.8, 4) is 0 Å². The lowest BCUT2D eigenvalue weighted by atomic mass is 9.61. The second-order valence-electron chi connectivity index (χ2n) is 10.7. The molecule has 34 heavy (non-hydrogen) atoms. The van der Waals surface area contributed by atoms with Gasteiger partial charge in [-0.05, 0) is 44.2 Å². The van der Waals surface area contributed by atoms with Gasteiger partial charge in [-0.15, -0.1) is 0 Å². The van der Waals surface area contributed by atoms with Gasteiger partial charge in [-0.2, -0.15) is 0 Å². The molecule has 7 heteroatoms. The van der Waals surface area contributed by atoms with Crippen LogP contribution < -0.4 is 4.90 Å². The van der Waals surface area contributed by atoms with Gasteiger partial charge in [0.1, 0.15) is 6.10 Å². The van der Waals surface area contributed by atoms with Gasteiger partial charge in [-0.1, -0.05) is 43.7 Å². The average molecular weight is 464 g/mol. The summed E-state index contributed by atoms with van der Waals surface area (Å²) in [6, 6.07) is 10.7. The van der Waals surface area contributed by atoms with Crippen LogP contribution in [0.15, 0.2) is 42.7 Å². The van der Waals surface area contributed by atoms with Gasteiger partial charge in [0.15, 0.2) is 0 Å². The molecule has 2 atom stereocenters. The van der Waals surface area contributed by atoms with Crippen LogP contribution in [0.5, 0.6) is 0 Å². The molecule has 0 bridgehead atoms. The highest BCUT2D eigenvalue weighted by Gasteiger charge is 2.54. The van der Waals surface area contributed by atoms with Gasteiger partial charge < -0.3 is 9.64 Å². The second-order valence-corrected chi connectivity index (χ2v) is 10.7. The molecule has 1 aromatic heterocycles. The van der Waals surface area contributed by atoms with Crippen LogP contribution in [0.25, 0.3) is 0 Å². The minimum atomic E-state index is -0.167. The summed E-state index contributed by atoms with van der Waals surface area (Å²) in [6.07, 6.45) is 7.81. The Hall–Kier alpha value is -2.67. The number of hydrogen-bond donors (Lipinski definition) is 0. The number of anilines is 1. The van der Waals surface area contributed by atoms with Crippen molar-refractivity contribution in [3.05, 3.63) is 53.9 Å². The minimum absolute atomic E-state index is 0.0503. The van der Waals surface area contributed by atoms with E-state index in [-0.39, 0.29) is 24.3 Å². The van der Waals surface area contributed by atoms with Crippen molar-refractivity contribution < 1.29 is 9.53 Å². The van der Waals surface area contributed by atoms with Crippen molar-refractivity contribution in [2.45, 2.75) is 71.2 Å². The fraction of sp³-hybridized carbons (Fsp3) is 0.593. The first-order valence-corrected chi connectivity index (χ1v) is 12.8. The summed E-state index contributed by atoms with van der Waals surface area (Å²) in [7, 11) is 0. The van der Waals surface area contributed by atoms with Crippen molar-refractivity contribution >= 4 is 12.0 Å². The molecule has 182 valence electrons. The van der Waals surface area contributed by atoms with E-state index in [0.29, 0.717) is 5.41 Å². The Bertz CT molecular complexity index is 956. The number of amides is 1. The topological polar surface area (TPSA) is 61.8 Å². The van der Waals surface area contributed by atoms with Crippen LogP contribution in [0.1, 0.15) is 51.2 Å². The van der Waals surface area contributed by atoms with Gasteiger partial charge >= 0.3 is 6.09 Å². The molecular weight excluding hydrogens is 426 g/mol. The van der Waals surface area contributed by atoms with Crippen LogP contribution in [-0.4, -0.2) is 70.2 Å². The molecule has 7 nitrogen and oxygen atoms in total. The molecule has 1 amide bonds. The predicted octanol–water partition coefficient (Wildman–Crippen LogP) is 4.13. The Balaban J connectivity index is 1.08. The monoisotopic (exact) mass is 463 g/mol. The quantitative estimate of drug-likeness (QED) is 0.642. The van der Waals surface area contributed by atoms with E-state index in [1.54, 1.807) is 0 Å². The highest BCUT2D eigenvalue weighted by atomic mass is 16.6. The van der Waals surface area contributed by atoms with Crippen molar-refractivity contribution in [1.82, 2.24) is 19.8 Å². The molecule has 1 aromatic carbocycles. The lowest BCUT2D eigenvalue weighted by Crippen LogP contribution is -2.65. The summed E-state index contributed by atoms with van der Waals surface area (Å²) in [4.78, 5) is 28.8. The third-order valence-electron chi connectivity index (χ3n) is 7.60. The number of carbonyl (C=O) groups excluding carboxylic acids is 1. The average Bonchev–Trinajstić information content (AvgIpc) is 2.77. The van der Waals surface area contributed by atoms with Gasteiger partial charge in [-0.25, -0.2) is 14.8 Å². The normalized spacial score (nSPS) is 24.6. The fourth-order valence-electron chi connectivity index (χ4n) is 6.08. The first-order valence-electron chi connectivity index (χ1n) is 12.8. The Kier molecular flexibility index (Phi) is 6.47. The number of nitrogens with zero attached hydrogens (tertiary/aromatic N) is 5. The maximum Gasteiger partial charge on any atom is 0.410 e. The zero-order chi connectivity index (χ0) is 23.7. The Morgan fingerprint density at radius 3 is 2.29 bits per heavy atom. The van der Waals surface area contributed by atoms with Gasteiger partial charge in [-0.3, -0.25) is 9.80 Å². The van der Waals surface area contributed by atoms with E-state index in [9.17, 15) is 4.79 Å². The third-order valence-corrected chi connectivity index (χ3v) is 7.60. The molecule has 5 rings (SSSR count). The van der Waals surface area contributed by atoms with Crippen molar-refractivity contribution in [3.63, 3.8) is 0 Å². The van der Waals surface area contributed by atoms with Crippen molar-refractivity contribution in [2.24, 2.45) is 5.41 Å². The molecular formula is C27H37N5O2. The first-order chi connectivity index (χ1) is 16.4. The molecule has 0 N–H and O–H groups in total. The third kappa shape index (κ3) is 4.76. The van der Waals surface area contributed by atoms with E-state index < -0.39 is 0 Å². The smallest absolute Gasteiger partial charge is 0.410 e. The van der Waals surface area contributed by atoms with Gasteiger partial charge in [0.2, 0.25) is 5.95 Å². The SMILES string of the molecule is CCCc1cnc(N2C[C@@H](C)N(C(=O)OC3CC4(C3)CN(Cc3ccccc3)C4)[C@@H](C)C2)nc1. The summed E-state index contributed by atoms with van der Waals surface area (Å²) in [5.74, 6) is 0.748. The Morgan fingerprint density at radius 2 is 1.68 bits per heavy atom. The molecule has 2 aromatic rings. The van der Waals surface area contributed by atoms with E-state index in [1.807, 2.05) is 17.3 Å². The van der Waals surface area contributed by atoms with E-state index in [0.717, 1.165) is 64.4 Å². The predicted molar refractivity (Wildman–Crippen MR) is 133 cm³/mol. The van der Waals surface area contributed by atoms with Gasteiger partial charge in [0.25, 0.3) is 0 Å². The highest BCUT2D eigenvalue weighted by molar-refractivity contribution is 5.69. The zero-order valence-electron chi connectivity index (χ0n) is 20.7. The van der Waals surface area contributed by atoms with Crippen LogP contribution in [0.2, 0.25) is 0 Å². The number of hydrogen-bond acceptors (Lipinski definition) is 6. The number of piperazine rings is 1. The minimum Gasteiger partial charge on any atom is -0.446 e. The number of aromatic nitrogens is 2. The van der Waals surface area contributed by atoms with Crippen LogP contribution in [-0.2, 0) is 17.7 Å². The number of aryl methyl sites for hydroxylation is 1. The number of likely N-dealkylation sites (tertiary alicyclic amines) is 1. The van der Waals surface area contributed by atoms with Crippen LogP contribution >= 0.6 is 0 Å². The van der Waals surface area contributed by atoms with Crippen LogP contribution in [0.3, 0.4) is 0 Å². The second kappa shape index (κ2) is 9.53. The molecule has 2 aliphatic heterocycles. The Morgan fingerprint density at radius 1 is 1.03 bits per heavy atom. The number of carbonyl (C=O) groups is 1. The molecule has 1 aliphatic carbocycles. The molecule has 0 unspecified atom stereocenters. The van der Waals surface area contributed by atoms with Gasteiger partial charge in [0, 0.05) is 50.5 Å². The molecule has 3 aliphatic rings. The van der Waals surface area contributed by atoms with E-state index in [1.165, 1.54) is 11.1 Å². The summed E-state index contributed by atoms with van der Waals surface area (Å²) in [5, 5.41) is 0. The zero-order valence-corrected chi connectivity index (χ0v) is 20.7. The Labute approximate surface area is 203 Å². The lowest BCUT2D eigenvalue weighted by Gasteiger charge is -2.58. The van der Waals surface area contributed by atoms with Crippen molar-refractivity contribution in [1.29, 1.82) is 0 Å². The van der Waals surface area contributed by atoms with E-state index in [4.69, 9.17) is 4.74 Å². The molecule has 3 fully saturated rings. The molecule has 0 radical (unpaired) electrons. The van der Waals surface area contributed by atoms with Crippen LogP contribution in [0, 0.1) is 5.41 Å². The fourth-order valence-corrected chi connectivity index (χ4v) is 6.08. The summed E-state index contributed by atoms with van der Waals surface area (Å²) >= 11 is 0.